The molecule has 0 bridgehead atoms. The lowest BCUT2D eigenvalue weighted by molar-refractivity contribution is -0.914. The highest BCUT2D eigenvalue weighted by atomic mass is 35.5. The van der Waals surface area contributed by atoms with Gasteiger partial charge in [0, 0.05) is 23.3 Å². The highest BCUT2D eigenvalue weighted by molar-refractivity contribution is 6.30. The van der Waals surface area contributed by atoms with E-state index in [9.17, 15) is 0 Å². The number of aromatic nitrogens is 3. The fourth-order valence-corrected chi connectivity index (χ4v) is 3.76. The summed E-state index contributed by atoms with van der Waals surface area (Å²) in [6.45, 7) is 9.11. The molecule has 134 valence electrons. The van der Waals surface area contributed by atoms with Crippen molar-refractivity contribution in [3.8, 4) is 0 Å². The quantitative estimate of drug-likeness (QED) is 0.720. The first-order valence-corrected chi connectivity index (χ1v) is 9.40. The molecule has 0 radical (unpaired) electrons. The van der Waals surface area contributed by atoms with Crippen LogP contribution in [-0.2, 0) is 6.54 Å². The molecule has 0 unspecified atom stereocenters. The van der Waals surface area contributed by atoms with Gasteiger partial charge in [-0.1, -0.05) is 23.7 Å². The molecule has 0 aliphatic carbocycles. The van der Waals surface area contributed by atoms with Crippen LogP contribution in [0.2, 0.25) is 5.15 Å². The number of pyridine rings is 1. The Kier molecular flexibility index (Phi) is 4.74. The summed E-state index contributed by atoms with van der Waals surface area (Å²) < 4.78 is 0. The van der Waals surface area contributed by atoms with Crippen LogP contribution in [0.4, 0.5) is 5.95 Å². The van der Waals surface area contributed by atoms with Gasteiger partial charge in [-0.15, -0.1) is 0 Å². The summed E-state index contributed by atoms with van der Waals surface area (Å²) in [5, 5.41) is 1.80. The third-order valence-corrected chi connectivity index (χ3v) is 5.61. The highest BCUT2D eigenvalue weighted by Gasteiger charge is 2.23. The summed E-state index contributed by atoms with van der Waals surface area (Å²) in [7, 11) is 0. The Bertz CT molecular complexity index is 920. The third-order valence-electron chi connectivity index (χ3n) is 5.28. The predicted octanol–water partition coefficient (Wildman–Crippen LogP) is 2.20. The molecule has 0 spiro atoms. The number of piperazine rings is 1. The Morgan fingerprint density at radius 3 is 2.58 bits per heavy atom. The van der Waals surface area contributed by atoms with Gasteiger partial charge in [-0.05, 0) is 37.1 Å². The second-order valence-corrected chi connectivity index (χ2v) is 7.34. The van der Waals surface area contributed by atoms with Crippen LogP contribution in [0, 0.1) is 13.8 Å². The largest absolute Gasteiger partial charge is 0.330 e. The van der Waals surface area contributed by atoms with Gasteiger partial charge in [-0.3, -0.25) is 0 Å². The topological polar surface area (TPSA) is 46.4 Å². The molecule has 26 heavy (non-hydrogen) atoms. The number of hydrogen-bond acceptors (Lipinski definition) is 4. The van der Waals surface area contributed by atoms with Crippen molar-refractivity contribution in [2.45, 2.75) is 20.4 Å². The maximum Gasteiger partial charge on any atom is 0.225 e. The summed E-state index contributed by atoms with van der Waals surface area (Å²) in [6, 6.07) is 8.35. The van der Waals surface area contributed by atoms with Gasteiger partial charge in [0.2, 0.25) is 5.95 Å². The normalized spacial score (nSPS) is 15.6. The molecule has 3 aromatic rings. The van der Waals surface area contributed by atoms with E-state index in [1.165, 1.54) is 21.4 Å². The van der Waals surface area contributed by atoms with Crippen LogP contribution < -0.4 is 9.80 Å². The fourth-order valence-electron chi connectivity index (χ4n) is 3.55. The van der Waals surface area contributed by atoms with Crippen molar-refractivity contribution in [1.82, 2.24) is 15.0 Å². The molecule has 1 aromatic carbocycles. The summed E-state index contributed by atoms with van der Waals surface area (Å²) in [5.74, 6) is 0.822. The SMILES string of the molecule is Cc1ccc2cc(C[NH+]3CCN(c4ncccn4)CC3)c(Cl)nc2c1C. The van der Waals surface area contributed by atoms with E-state index < -0.39 is 0 Å². The maximum atomic E-state index is 6.52. The van der Waals surface area contributed by atoms with Gasteiger partial charge in [0.25, 0.3) is 0 Å². The van der Waals surface area contributed by atoms with Gasteiger partial charge in [0.05, 0.1) is 31.7 Å². The van der Waals surface area contributed by atoms with Crippen LogP contribution in [-0.4, -0.2) is 41.1 Å². The average molecular weight is 369 g/mol. The number of aryl methyl sites for hydroxylation is 2. The molecule has 5 nitrogen and oxygen atoms in total. The van der Waals surface area contributed by atoms with Crippen LogP contribution in [0.15, 0.2) is 36.7 Å². The Morgan fingerprint density at radius 1 is 1.12 bits per heavy atom. The van der Waals surface area contributed by atoms with E-state index in [0.29, 0.717) is 5.15 Å². The molecule has 1 N–H and O–H groups in total. The van der Waals surface area contributed by atoms with Gasteiger partial charge < -0.3 is 9.80 Å². The summed E-state index contributed by atoms with van der Waals surface area (Å²) in [6.07, 6.45) is 3.59. The van der Waals surface area contributed by atoms with Crippen molar-refractivity contribution < 1.29 is 4.90 Å². The number of rotatable bonds is 3. The number of anilines is 1. The van der Waals surface area contributed by atoms with Crippen molar-refractivity contribution in [2.24, 2.45) is 0 Å². The van der Waals surface area contributed by atoms with Crippen molar-refractivity contribution in [2.75, 3.05) is 31.1 Å². The zero-order valence-corrected chi connectivity index (χ0v) is 15.9. The molecule has 0 atom stereocenters. The Morgan fingerprint density at radius 2 is 1.85 bits per heavy atom. The summed E-state index contributed by atoms with van der Waals surface area (Å²) in [5.41, 5.74) is 4.60. The van der Waals surface area contributed by atoms with E-state index in [-0.39, 0.29) is 0 Å². The number of benzene rings is 1. The molecule has 4 rings (SSSR count). The molecule has 1 aliphatic rings. The van der Waals surface area contributed by atoms with Crippen LogP contribution >= 0.6 is 11.6 Å². The molecule has 0 saturated carbocycles. The molecule has 1 saturated heterocycles. The number of fused-ring (bicyclic) bond motifs is 1. The summed E-state index contributed by atoms with van der Waals surface area (Å²) in [4.78, 5) is 17.1. The second kappa shape index (κ2) is 7.17. The molecule has 0 amide bonds. The van der Waals surface area contributed by atoms with E-state index in [2.05, 4.69) is 51.9 Å². The molecular weight excluding hydrogens is 346 g/mol. The number of nitrogens with zero attached hydrogens (tertiary/aromatic N) is 4. The molecule has 6 heteroatoms. The predicted molar refractivity (Wildman–Crippen MR) is 105 cm³/mol. The van der Waals surface area contributed by atoms with Crippen LogP contribution in [0.1, 0.15) is 16.7 Å². The zero-order chi connectivity index (χ0) is 18.1. The zero-order valence-electron chi connectivity index (χ0n) is 15.2. The average Bonchev–Trinajstić information content (AvgIpc) is 2.67. The molecule has 1 fully saturated rings. The van der Waals surface area contributed by atoms with E-state index in [1.807, 2.05) is 6.07 Å². The standard InChI is InChI=1S/C20H22ClN5/c1-14-4-5-16-12-17(19(21)24-18(16)15(14)2)13-25-8-10-26(11-9-25)20-22-6-3-7-23-20/h3-7,12H,8-11,13H2,1-2H3/p+1. The van der Waals surface area contributed by atoms with Crippen LogP contribution in [0.5, 0.6) is 0 Å². The number of quaternary nitrogens is 1. The number of nitrogens with one attached hydrogen (secondary N) is 1. The van der Waals surface area contributed by atoms with E-state index in [4.69, 9.17) is 11.6 Å². The molecular formula is C20H23ClN5+. The minimum atomic E-state index is 0.632. The van der Waals surface area contributed by atoms with Crippen molar-refractivity contribution in [3.05, 3.63) is 58.5 Å². The Labute approximate surface area is 158 Å². The molecule has 1 aliphatic heterocycles. The number of halogens is 1. The molecule has 2 aromatic heterocycles. The fraction of sp³-hybridized carbons (Fsp3) is 0.350. The van der Waals surface area contributed by atoms with Crippen molar-refractivity contribution in [3.63, 3.8) is 0 Å². The van der Waals surface area contributed by atoms with Gasteiger partial charge in [-0.2, -0.15) is 0 Å². The first kappa shape index (κ1) is 17.2. The first-order valence-electron chi connectivity index (χ1n) is 9.02. The lowest BCUT2D eigenvalue weighted by atomic mass is 10.0. The van der Waals surface area contributed by atoms with Crippen LogP contribution in [0.3, 0.4) is 0 Å². The second-order valence-electron chi connectivity index (χ2n) is 6.98. The maximum absolute atomic E-state index is 6.52. The lowest BCUT2D eigenvalue weighted by Crippen LogP contribution is -3.13. The monoisotopic (exact) mass is 368 g/mol. The van der Waals surface area contributed by atoms with E-state index >= 15 is 0 Å². The van der Waals surface area contributed by atoms with Crippen molar-refractivity contribution >= 4 is 28.5 Å². The van der Waals surface area contributed by atoms with Gasteiger partial charge in [0.1, 0.15) is 11.7 Å². The van der Waals surface area contributed by atoms with E-state index in [0.717, 1.165) is 49.8 Å². The van der Waals surface area contributed by atoms with Crippen LogP contribution in [0.25, 0.3) is 10.9 Å². The minimum absolute atomic E-state index is 0.632. The Balaban J connectivity index is 1.48. The lowest BCUT2D eigenvalue weighted by Gasteiger charge is -2.32. The highest BCUT2D eigenvalue weighted by Crippen LogP contribution is 2.24. The minimum Gasteiger partial charge on any atom is -0.330 e. The number of hydrogen-bond donors (Lipinski definition) is 1. The smallest absolute Gasteiger partial charge is 0.225 e. The van der Waals surface area contributed by atoms with E-state index in [1.54, 1.807) is 12.4 Å². The summed E-state index contributed by atoms with van der Waals surface area (Å²) >= 11 is 6.52. The Hall–Kier alpha value is -2.24. The van der Waals surface area contributed by atoms with Gasteiger partial charge in [-0.25, -0.2) is 15.0 Å². The first-order chi connectivity index (χ1) is 12.6. The van der Waals surface area contributed by atoms with Gasteiger partial charge >= 0.3 is 0 Å². The molecule has 3 heterocycles. The third kappa shape index (κ3) is 3.37. The van der Waals surface area contributed by atoms with Crippen molar-refractivity contribution in [1.29, 1.82) is 0 Å². The van der Waals surface area contributed by atoms with Gasteiger partial charge in [0.15, 0.2) is 0 Å².